The number of rotatable bonds is 3. The third-order valence-electron chi connectivity index (χ3n) is 2.33. The zero-order chi connectivity index (χ0) is 9.84. The molecule has 0 aliphatic rings. The van der Waals surface area contributed by atoms with E-state index in [1.165, 1.54) is 0 Å². The van der Waals surface area contributed by atoms with Crippen molar-refractivity contribution in [2.45, 2.75) is 31.6 Å². The van der Waals surface area contributed by atoms with Gasteiger partial charge in [-0.1, -0.05) is 20.3 Å². The number of phenols is 1. The van der Waals surface area contributed by atoms with E-state index in [0.29, 0.717) is 11.7 Å². The SMILES string of the molecule is CC[C@H](C)Cc1cc(O)ccc1S. The molecule has 0 aromatic heterocycles. The van der Waals surface area contributed by atoms with Crippen LogP contribution in [-0.2, 0) is 6.42 Å². The van der Waals surface area contributed by atoms with Gasteiger partial charge in [-0.15, -0.1) is 12.6 Å². The maximum absolute atomic E-state index is 9.29. The Labute approximate surface area is 85.2 Å². The average Bonchev–Trinajstić information content (AvgIpc) is 2.11. The molecule has 0 spiro atoms. The summed E-state index contributed by atoms with van der Waals surface area (Å²) in [5.41, 5.74) is 1.14. The molecule has 0 fully saturated rings. The molecule has 0 saturated heterocycles. The van der Waals surface area contributed by atoms with E-state index in [9.17, 15) is 5.11 Å². The minimum absolute atomic E-state index is 0.330. The van der Waals surface area contributed by atoms with E-state index in [2.05, 4.69) is 26.5 Å². The molecular formula is C11H16OS. The molecule has 1 nitrogen and oxygen atoms in total. The van der Waals surface area contributed by atoms with Crippen molar-refractivity contribution in [2.75, 3.05) is 0 Å². The molecule has 1 aromatic carbocycles. The topological polar surface area (TPSA) is 20.2 Å². The van der Waals surface area contributed by atoms with Gasteiger partial charge < -0.3 is 5.11 Å². The molecule has 13 heavy (non-hydrogen) atoms. The molecule has 0 amide bonds. The van der Waals surface area contributed by atoms with Crippen LogP contribution in [0.3, 0.4) is 0 Å². The Kier molecular flexibility index (Phi) is 3.67. The molecule has 0 radical (unpaired) electrons. The van der Waals surface area contributed by atoms with Crippen molar-refractivity contribution < 1.29 is 5.11 Å². The van der Waals surface area contributed by atoms with E-state index < -0.39 is 0 Å². The fourth-order valence-corrected chi connectivity index (χ4v) is 1.49. The number of aromatic hydroxyl groups is 1. The molecule has 0 unspecified atom stereocenters. The molecule has 0 heterocycles. The van der Waals surface area contributed by atoms with Crippen molar-refractivity contribution in [1.29, 1.82) is 0 Å². The van der Waals surface area contributed by atoms with E-state index in [0.717, 1.165) is 23.3 Å². The first kappa shape index (κ1) is 10.5. The fourth-order valence-electron chi connectivity index (χ4n) is 1.26. The van der Waals surface area contributed by atoms with Crippen LogP contribution in [0.25, 0.3) is 0 Å². The summed E-state index contributed by atoms with van der Waals surface area (Å²) in [6.07, 6.45) is 2.15. The standard InChI is InChI=1S/C11H16OS/c1-3-8(2)6-9-7-10(12)4-5-11(9)13/h4-5,7-8,12-13H,3,6H2,1-2H3/t8-/m0/s1. The fraction of sp³-hybridized carbons (Fsp3) is 0.455. The number of benzene rings is 1. The molecule has 0 saturated carbocycles. The first-order chi connectivity index (χ1) is 6.13. The van der Waals surface area contributed by atoms with Gasteiger partial charge in [0.15, 0.2) is 0 Å². The van der Waals surface area contributed by atoms with E-state index in [1.54, 1.807) is 12.1 Å². The van der Waals surface area contributed by atoms with Crippen LogP contribution in [0.15, 0.2) is 23.1 Å². The van der Waals surface area contributed by atoms with Gasteiger partial charge in [0.2, 0.25) is 0 Å². The highest BCUT2D eigenvalue weighted by Crippen LogP contribution is 2.23. The summed E-state index contributed by atoms with van der Waals surface area (Å²) in [5, 5.41) is 9.29. The van der Waals surface area contributed by atoms with Gasteiger partial charge in [0, 0.05) is 4.90 Å². The van der Waals surface area contributed by atoms with Crippen molar-refractivity contribution in [3.8, 4) is 5.75 Å². The second kappa shape index (κ2) is 4.56. The van der Waals surface area contributed by atoms with Gasteiger partial charge in [0.25, 0.3) is 0 Å². The molecule has 1 N–H and O–H groups in total. The lowest BCUT2D eigenvalue weighted by Crippen LogP contribution is -1.98. The maximum atomic E-state index is 9.29. The van der Waals surface area contributed by atoms with Crippen molar-refractivity contribution >= 4 is 12.6 Å². The van der Waals surface area contributed by atoms with Gasteiger partial charge in [-0.05, 0) is 36.1 Å². The average molecular weight is 196 g/mol. The predicted octanol–water partition coefficient (Wildman–Crippen LogP) is 3.27. The molecule has 2 heteroatoms. The molecule has 0 bridgehead atoms. The molecule has 1 aromatic rings. The van der Waals surface area contributed by atoms with Crippen LogP contribution >= 0.6 is 12.6 Å². The Balaban J connectivity index is 2.81. The van der Waals surface area contributed by atoms with Gasteiger partial charge >= 0.3 is 0 Å². The van der Waals surface area contributed by atoms with Gasteiger partial charge in [0.05, 0.1) is 0 Å². The van der Waals surface area contributed by atoms with Crippen LogP contribution in [0, 0.1) is 5.92 Å². The molecule has 72 valence electrons. The Morgan fingerprint density at radius 2 is 2.15 bits per heavy atom. The van der Waals surface area contributed by atoms with Crippen LogP contribution < -0.4 is 0 Å². The summed E-state index contributed by atoms with van der Waals surface area (Å²) >= 11 is 4.35. The van der Waals surface area contributed by atoms with Gasteiger partial charge in [-0.2, -0.15) is 0 Å². The highest BCUT2D eigenvalue weighted by molar-refractivity contribution is 7.80. The van der Waals surface area contributed by atoms with Crippen molar-refractivity contribution in [2.24, 2.45) is 5.92 Å². The van der Waals surface area contributed by atoms with Gasteiger partial charge in [0.1, 0.15) is 5.75 Å². The summed E-state index contributed by atoms with van der Waals surface area (Å²) in [4.78, 5) is 0.970. The normalized spacial score (nSPS) is 12.8. The number of thiol groups is 1. The van der Waals surface area contributed by atoms with Crippen molar-refractivity contribution in [3.05, 3.63) is 23.8 Å². The lowest BCUT2D eigenvalue weighted by molar-refractivity contribution is 0.472. The second-order valence-corrected chi connectivity index (χ2v) is 4.01. The van der Waals surface area contributed by atoms with Crippen LogP contribution in [0.2, 0.25) is 0 Å². The smallest absolute Gasteiger partial charge is 0.115 e. The van der Waals surface area contributed by atoms with Crippen LogP contribution in [0.4, 0.5) is 0 Å². The number of phenolic OH excluding ortho intramolecular Hbond substituents is 1. The zero-order valence-corrected chi connectivity index (χ0v) is 9.01. The minimum Gasteiger partial charge on any atom is -0.508 e. The molecule has 1 rings (SSSR count). The minimum atomic E-state index is 0.330. The van der Waals surface area contributed by atoms with Crippen LogP contribution in [0.1, 0.15) is 25.8 Å². The van der Waals surface area contributed by atoms with E-state index in [-0.39, 0.29) is 0 Å². The highest BCUT2D eigenvalue weighted by atomic mass is 32.1. The van der Waals surface area contributed by atoms with Crippen molar-refractivity contribution in [1.82, 2.24) is 0 Å². The Bertz CT molecular complexity index is 283. The first-order valence-corrected chi connectivity index (χ1v) is 5.09. The molecular weight excluding hydrogens is 180 g/mol. The molecule has 0 aliphatic carbocycles. The summed E-state index contributed by atoms with van der Waals surface area (Å²) in [6.45, 7) is 4.38. The predicted molar refractivity (Wildman–Crippen MR) is 58.5 cm³/mol. The second-order valence-electron chi connectivity index (χ2n) is 3.53. The summed E-state index contributed by atoms with van der Waals surface area (Å²) in [6, 6.07) is 5.31. The lowest BCUT2D eigenvalue weighted by Gasteiger charge is -2.10. The van der Waals surface area contributed by atoms with E-state index in [1.807, 2.05) is 6.07 Å². The van der Waals surface area contributed by atoms with E-state index >= 15 is 0 Å². The quantitative estimate of drug-likeness (QED) is 0.711. The first-order valence-electron chi connectivity index (χ1n) is 4.64. The lowest BCUT2D eigenvalue weighted by atomic mass is 9.99. The third-order valence-corrected chi connectivity index (χ3v) is 2.76. The number of hydrogen-bond acceptors (Lipinski definition) is 2. The van der Waals surface area contributed by atoms with Gasteiger partial charge in [-0.3, -0.25) is 0 Å². The monoisotopic (exact) mass is 196 g/mol. The largest absolute Gasteiger partial charge is 0.508 e. The summed E-state index contributed by atoms with van der Waals surface area (Å²) < 4.78 is 0. The maximum Gasteiger partial charge on any atom is 0.115 e. The van der Waals surface area contributed by atoms with Crippen LogP contribution in [-0.4, -0.2) is 5.11 Å². The summed E-state index contributed by atoms with van der Waals surface area (Å²) in [7, 11) is 0. The Hall–Kier alpha value is -0.630. The zero-order valence-electron chi connectivity index (χ0n) is 8.12. The summed E-state index contributed by atoms with van der Waals surface area (Å²) in [5.74, 6) is 0.976. The Morgan fingerprint density at radius 3 is 2.77 bits per heavy atom. The van der Waals surface area contributed by atoms with E-state index in [4.69, 9.17) is 0 Å². The van der Waals surface area contributed by atoms with Gasteiger partial charge in [-0.25, -0.2) is 0 Å². The van der Waals surface area contributed by atoms with Crippen molar-refractivity contribution in [3.63, 3.8) is 0 Å². The molecule has 0 aliphatic heterocycles. The highest BCUT2D eigenvalue weighted by Gasteiger charge is 2.05. The third kappa shape index (κ3) is 2.96. The molecule has 1 atom stereocenters. The van der Waals surface area contributed by atoms with Crippen LogP contribution in [0.5, 0.6) is 5.75 Å². The Morgan fingerprint density at radius 1 is 1.46 bits per heavy atom. The number of hydrogen-bond donors (Lipinski definition) is 2.